The molecular weight excluding hydrogens is 244 g/mol. The summed E-state index contributed by atoms with van der Waals surface area (Å²) in [4.78, 5) is 0. The molecule has 0 bridgehead atoms. The van der Waals surface area contributed by atoms with Gasteiger partial charge in [-0.25, -0.2) is 0 Å². The van der Waals surface area contributed by atoms with Gasteiger partial charge in [0.15, 0.2) is 0 Å². The lowest BCUT2D eigenvalue weighted by molar-refractivity contribution is 0.352. The molecule has 1 aliphatic heterocycles. The lowest BCUT2D eigenvalue weighted by Crippen LogP contribution is -1.94. The van der Waals surface area contributed by atoms with Crippen LogP contribution in [0.2, 0.25) is 0 Å². The molecule has 0 amide bonds. The van der Waals surface area contributed by atoms with Gasteiger partial charge in [0.25, 0.3) is 0 Å². The van der Waals surface area contributed by atoms with Crippen LogP contribution in [0.1, 0.15) is 5.56 Å². The van der Waals surface area contributed by atoms with Crippen LogP contribution in [-0.2, 0) is 6.42 Å². The van der Waals surface area contributed by atoms with Crippen molar-refractivity contribution in [2.75, 3.05) is 13.2 Å². The average Bonchev–Trinajstić information content (AvgIpc) is 2.61. The molecule has 2 rings (SSSR count). The van der Waals surface area contributed by atoms with E-state index < -0.39 is 0 Å². The molecule has 1 aromatic rings. The van der Waals surface area contributed by atoms with Crippen LogP contribution in [0.3, 0.4) is 0 Å². The SMILES string of the molecule is C=CCOc1cc2c(cc1Br)OCC2. The van der Waals surface area contributed by atoms with Crippen LogP contribution in [0.4, 0.5) is 0 Å². The first kappa shape index (κ1) is 9.59. The van der Waals surface area contributed by atoms with E-state index in [-0.39, 0.29) is 0 Å². The second-order valence-corrected chi connectivity index (χ2v) is 3.94. The Morgan fingerprint density at radius 3 is 3.21 bits per heavy atom. The fourth-order valence-corrected chi connectivity index (χ4v) is 1.87. The molecule has 1 aliphatic rings. The van der Waals surface area contributed by atoms with Crippen molar-refractivity contribution in [3.05, 3.63) is 34.8 Å². The predicted octanol–water partition coefficient (Wildman–Crippen LogP) is 2.95. The molecule has 0 saturated carbocycles. The molecule has 0 unspecified atom stereocenters. The van der Waals surface area contributed by atoms with Gasteiger partial charge in [-0.15, -0.1) is 0 Å². The average molecular weight is 255 g/mol. The maximum absolute atomic E-state index is 5.49. The Morgan fingerprint density at radius 1 is 1.57 bits per heavy atom. The first-order valence-corrected chi connectivity index (χ1v) is 5.29. The fraction of sp³-hybridized carbons (Fsp3) is 0.273. The molecule has 0 saturated heterocycles. The van der Waals surface area contributed by atoms with Gasteiger partial charge in [-0.1, -0.05) is 12.7 Å². The van der Waals surface area contributed by atoms with Crippen molar-refractivity contribution >= 4 is 15.9 Å². The molecule has 0 aliphatic carbocycles. The van der Waals surface area contributed by atoms with E-state index in [2.05, 4.69) is 22.5 Å². The van der Waals surface area contributed by atoms with Gasteiger partial charge in [-0.3, -0.25) is 0 Å². The lowest BCUT2D eigenvalue weighted by atomic mass is 10.1. The minimum absolute atomic E-state index is 0.526. The van der Waals surface area contributed by atoms with Crippen molar-refractivity contribution in [3.63, 3.8) is 0 Å². The van der Waals surface area contributed by atoms with E-state index in [4.69, 9.17) is 9.47 Å². The highest BCUT2D eigenvalue weighted by Gasteiger charge is 2.15. The third-order valence-corrected chi connectivity index (χ3v) is 2.72. The van der Waals surface area contributed by atoms with E-state index >= 15 is 0 Å². The summed E-state index contributed by atoms with van der Waals surface area (Å²) in [5.74, 6) is 1.82. The summed E-state index contributed by atoms with van der Waals surface area (Å²) in [5.41, 5.74) is 1.22. The number of hydrogen-bond acceptors (Lipinski definition) is 2. The van der Waals surface area contributed by atoms with E-state index in [0.717, 1.165) is 29.0 Å². The van der Waals surface area contributed by atoms with Crippen molar-refractivity contribution in [1.29, 1.82) is 0 Å². The zero-order valence-electron chi connectivity index (χ0n) is 7.75. The summed E-state index contributed by atoms with van der Waals surface area (Å²) in [6.45, 7) is 4.91. The highest BCUT2D eigenvalue weighted by molar-refractivity contribution is 9.10. The molecular formula is C11H11BrO2. The normalized spacial score (nSPS) is 13.2. The van der Waals surface area contributed by atoms with Crippen LogP contribution in [0.15, 0.2) is 29.3 Å². The van der Waals surface area contributed by atoms with Gasteiger partial charge < -0.3 is 9.47 Å². The molecule has 3 heteroatoms. The van der Waals surface area contributed by atoms with Crippen LogP contribution in [0, 0.1) is 0 Å². The minimum Gasteiger partial charge on any atom is -0.493 e. The van der Waals surface area contributed by atoms with Crippen molar-refractivity contribution < 1.29 is 9.47 Å². The van der Waals surface area contributed by atoms with Gasteiger partial charge in [-0.05, 0) is 28.1 Å². The van der Waals surface area contributed by atoms with E-state index in [1.165, 1.54) is 5.56 Å². The number of ether oxygens (including phenoxy) is 2. The minimum atomic E-state index is 0.526. The number of rotatable bonds is 3. The number of benzene rings is 1. The van der Waals surface area contributed by atoms with Gasteiger partial charge in [0.05, 0.1) is 11.1 Å². The molecule has 0 atom stereocenters. The van der Waals surface area contributed by atoms with Crippen molar-refractivity contribution in [2.45, 2.75) is 6.42 Å². The van der Waals surface area contributed by atoms with Crippen LogP contribution >= 0.6 is 15.9 Å². The van der Waals surface area contributed by atoms with Crippen LogP contribution in [0.25, 0.3) is 0 Å². The highest BCUT2D eigenvalue weighted by Crippen LogP contribution is 2.35. The maximum Gasteiger partial charge on any atom is 0.134 e. The summed E-state index contributed by atoms with van der Waals surface area (Å²) in [7, 11) is 0. The van der Waals surface area contributed by atoms with Crippen molar-refractivity contribution in [1.82, 2.24) is 0 Å². The third-order valence-electron chi connectivity index (χ3n) is 2.10. The van der Waals surface area contributed by atoms with Crippen molar-refractivity contribution in [2.24, 2.45) is 0 Å². The topological polar surface area (TPSA) is 18.5 Å². The lowest BCUT2D eigenvalue weighted by Gasteiger charge is -2.07. The van der Waals surface area contributed by atoms with Crippen molar-refractivity contribution in [3.8, 4) is 11.5 Å². The Morgan fingerprint density at radius 2 is 2.43 bits per heavy atom. The van der Waals surface area contributed by atoms with Crippen LogP contribution in [-0.4, -0.2) is 13.2 Å². The quantitative estimate of drug-likeness (QED) is 0.773. The van der Waals surface area contributed by atoms with Gasteiger partial charge >= 0.3 is 0 Å². The fourth-order valence-electron chi connectivity index (χ4n) is 1.44. The van der Waals surface area contributed by atoms with Crippen LogP contribution in [0.5, 0.6) is 11.5 Å². The zero-order chi connectivity index (χ0) is 9.97. The Hall–Kier alpha value is -0.960. The Balaban J connectivity index is 2.27. The largest absolute Gasteiger partial charge is 0.493 e. The number of halogens is 1. The van der Waals surface area contributed by atoms with Gasteiger partial charge in [0.2, 0.25) is 0 Å². The highest BCUT2D eigenvalue weighted by atomic mass is 79.9. The molecule has 0 N–H and O–H groups in total. The summed E-state index contributed by atoms with van der Waals surface area (Å²) >= 11 is 3.44. The Bertz CT molecular complexity index is 361. The second-order valence-electron chi connectivity index (χ2n) is 3.09. The smallest absolute Gasteiger partial charge is 0.134 e. The van der Waals surface area contributed by atoms with Gasteiger partial charge in [-0.2, -0.15) is 0 Å². The molecule has 74 valence electrons. The molecule has 1 aromatic carbocycles. The maximum atomic E-state index is 5.49. The second kappa shape index (κ2) is 4.05. The number of fused-ring (bicyclic) bond motifs is 1. The zero-order valence-corrected chi connectivity index (χ0v) is 9.34. The summed E-state index contributed by atoms with van der Waals surface area (Å²) in [5, 5.41) is 0. The van der Waals surface area contributed by atoms with Crippen LogP contribution < -0.4 is 9.47 Å². The van der Waals surface area contributed by atoms with E-state index in [9.17, 15) is 0 Å². The van der Waals surface area contributed by atoms with E-state index in [0.29, 0.717) is 6.61 Å². The van der Waals surface area contributed by atoms with Gasteiger partial charge in [0, 0.05) is 12.0 Å². The summed E-state index contributed by atoms with van der Waals surface area (Å²) < 4.78 is 11.9. The summed E-state index contributed by atoms with van der Waals surface area (Å²) in [6, 6.07) is 3.98. The number of hydrogen-bond donors (Lipinski definition) is 0. The predicted molar refractivity (Wildman–Crippen MR) is 59.0 cm³/mol. The van der Waals surface area contributed by atoms with E-state index in [1.54, 1.807) is 6.08 Å². The summed E-state index contributed by atoms with van der Waals surface area (Å²) in [6.07, 6.45) is 2.70. The molecule has 0 fully saturated rings. The molecule has 1 heterocycles. The molecule has 0 spiro atoms. The third kappa shape index (κ3) is 1.77. The first-order chi connectivity index (χ1) is 6.81. The Labute approximate surface area is 91.7 Å². The molecule has 0 radical (unpaired) electrons. The first-order valence-electron chi connectivity index (χ1n) is 4.50. The van der Waals surface area contributed by atoms with E-state index in [1.807, 2.05) is 12.1 Å². The Kier molecular flexibility index (Phi) is 2.77. The molecule has 2 nitrogen and oxygen atoms in total. The molecule has 0 aromatic heterocycles. The standard InChI is InChI=1S/C11H11BrO2/c1-2-4-13-11-6-8-3-5-14-10(8)7-9(11)12/h2,6-7H,1,3-5H2. The monoisotopic (exact) mass is 254 g/mol. The van der Waals surface area contributed by atoms with Gasteiger partial charge in [0.1, 0.15) is 18.1 Å². The molecule has 14 heavy (non-hydrogen) atoms.